The zero-order chi connectivity index (χ0) is 12.0. The Balaban J connectivity index is 2.47. The molecule has 1 heterocycles. The first-order valence-corrected chi connectivity index (χ1v) is 5.33. The number of nitrogens with two attached hydrogens (primary N) is 1. The van der Waals surface area contributed by atoms with E-state index >= 15 is 0 Å². The number of rotatable bonds is 7. The zero-order valence-corrected chi connectivity index (χ0v) is 9.33. The van der Waals surface area contributed by atoms with Crippen LogP contribution in [0.1, 0.15) is 25.6 Å². The lowest BCUT2D eigenvalue weighted by molar-refractivity contribution is -0.141. The molecule has 0 radical (unpaired) electrons. The number of carboxylic acids is 1. The smallest absolute Gasteiger partial charge is 0.306 e. The van der Waals surface area contributed by atoms with Crippen molar-refractivity contribution < 1.29 is 9.90 Å². The lowest BCUT2D eigenvalue weighted by atomic mass is 10.1. The number of hydrogen-bond donors (Lipinski definition) is 2. The Morgan fingerprint density at radius 3 is 3.00 bits per heavy atom. The second-order valence-electron chi connectivity index (χ2n) is 3.74. The molecule has 0 spiro atoms. The summed E-state index contributed by atoms with van der Waals surface area (Å²) >= 11 is 0. The van der Waals surface area contributed by atoms with Gasteiger partial charge in [-0.05, 0) is 29.8 Å². The van der Waals surface area contributed by atoms with E-state index in [0.717, 1.165) is 12.2 Å². The van der Waals surface area contributed by atoms with E-state index in [1.54, 1.807) is 11.6 Å². The van der Waals surface area contributed by atoms with Gasteiger partial charge in [0.1, 0.15) is 0 Å². The van der Waals surface area contributed by atoms with Gasteiger partial charge < -0.3 is 10.8 Å². The Labute approximate surface area is 93.6 Å². The Morgan fingerprint density at radius 2 is 2.38 bits per heavy atom. The first-order chi connectivity index (χ1) is 7.65. The van der Waals surface area contributed by atoms with E-state index in [1.807, 2.05) is 0 Å². The topological polar surface area (TPSA) is 107 Å². The fourth-order valence-corrected chi connectivity index (χ4v) is 1.29. The lowest BCUT2D eigenvalue weighted by Crippen LogP contribution is -2.14. The number of carbonyl (C=O) groups is 1. The molecule has 16 heavy (non-hydrogen) atoms. The molecule has 0 aliphatic rings. The van der Waals surface area contributed by atoms with E-state index in [0.29, 0.717) is 25.9 Å². The molecule has 0 saturated carbocycles. The SMILES string of the molecule is C[C@@H](CCc1nnnn1CCCN)C(=O)O. The van der Waals surface area contributed by atoms with E-state index in [1.165, 1.54) is 0 Å². The Morgan fingerprint density at radius 1 is 1.62 bits per heavy atom. The molecule has 1 atom stereocenters. The first-order valence-electron chi connectivity index (χ1n) is 5.33. The quantitative estimate of drug-likeness (QED) is 0.660. The predicted octanol–water partition coefficient (Wildman–Crippen LogP) is -0.325. The number of tetrazole rings is 1. The molecule has 7 heteroatoms. The van der Waals surface area contributed by atoms with Gasteiger partial charge in [0.15, 0.2) is 5.82 Å². The molecule has 0 aliphatic heterocycles. The summed E-state index contributed by atoms with van der Waals surface area (Å²) in [5, 5.41) is 20.0. The molecule has 0 aliphatic carbocycles. The average Bonchev–Trinajstić information content (AvgIpc) is 2.70. The molecule has 7 nitrogen and oxygen atoms in total. The van der Waals surface area contributed by atoms with Crippen molar-refractivity contribution in [3.8, 4) is 0 Å². The highest BCUT2D eigenvalue weighted by Crippen LogP contribution is 2.07. The van der Waals surface area contributed by atoms with Crippen LogP contribution in [0.4, 0.5) is 0 Å². The monoisotopic (exact) mass is 227 g/mol. The van der Waals surface area contributed by atoms with Crippen molar-refractivity contribution in [3.05, 3.63) is 5.82 Å². The summed E-state index contributed by atoms with van der Waals surface area (Å²) in [6.07, 6.45) is 1.93. The van der Waals surface area contributed by atoms with E-state index in [-0.39, 0.29) is 5.92 Å². The fourth-order valence-electron chi connectivity index (χ4n) is 1.29. The van der Waals surface area contributed by atoms with Crippen molar-refractivity contribution in [1.29, 1.82) is 0 Å². The van der Waals surface area contributed by atoms with E-state index < -0.39 is 5.97 Å². The van der Waals surface area contributed by atoms with Gasteiger partial charge >= 0.3 is 5.97 Å². The van der Waals surface area contributed by atoms with Crippen LogP contribution in [0.15, 0.2) is 0 Å². The number of aryl methyl sites for hydroxylation is 2. The second-order valence-corrected chi connectivity index (χ2v) is 3.74. The molecule has 0 unspecified atom stereocenters. The van der Waals surface area contributed by atoms with Crippen LogP contribution in [-0.2, 0) is 17.8 Å². The van der Waals surface area contributed by atoms with Gasteiger partial charge in [-0.25, -0.2) is 4.68 Å². The largest absolute Gasteiger partial charge is 0.481 e. The summed E-state index contributed by atoms with van der Waals surface area (Å²) in [5.41, 5.74) is 5.40. The number of aliphatic carboxylic acids is 1. The van der Waals surface area contributed by atoms with Crippen LogP contribution in [0.2, 0.25) is 0 Å². The molecule has 0 bridgehead atoms. The van der Waals surface area contributed by atoms with Gasteiger partial charge in [-0.15, -0.1) is 5.10 Å². The summed E-state index contributed by atoms with van der Waals surface area (Å²) in [4.78, 5) is 10.6. The number of carboxylic acid groups (broad SMARTS) is 1. The Bertz CT molecular complexity index is 338. The molecule has 1 rings (SSSR count). The van der Waals surface area contributed by atoms with Gasteiger partial charge in [0.25, 0.3) is 0 Å². The first kappa shape index (κ1) is 12.6. The lowest BCUT2D eigenvalue weighted by Gasteiger charge is -2.06. The summed E-state index contributed by atoms with van der Waals surface area (Å²) in [6, 6.07) is 0. The van der Waals surface area contributed by atoms with Crippen molar-refractivity contribution in [3.63, 3.8) is 0 Å². The molecular weight excluding hydrogens is 210 g/mol. The van der Waals surface area contributed by atoms with Gasteiger partial charge in [0, 0.05) is 13.0 Å². The van der Waals surface area contributed by atoms with Crippen LogP contribution in [0.3, 0.4) is 0 Å². The Hall–Kier alpha value is -1.50. The molecule has 0 aromatic carbocycles. The highest BCUT2D eigenvalue weighted by atomic mass is 16.4. The van der Waals surface area contributed by atoms with Crippen molar-refractivity contribution in [2.24, 2.45) is 11.7 Å². The normalized spacial score (nSPS) is 12.6. The average molecular weight is 227 g/mol. The molecule has 1 aromatic rings. The minimum absolute atomic E-state index is 0.375. The highest BCUT2D eigenvalue weighted by molar-refractivity contribution is 5.69. The minimum Gasteiger partial charge on any atom is -0.481 e. The van der Waals surface area contributed by atoms with Gasteiger partial charge in [0.2, 0.25) is 0 Å². The molecule has 0 fully saturated rings. The number of nitrogens with zero attached hydrogens (tertiary/aromatic N) is 4. The molecule has 1 aromatic heterocycles. The van der Waals surface area contributed by atoms with E-state index in [9.17, 15) is 4.79 Å². The number of hydrogen-bond acceptors (Lipinski definition) is 5. The fraction of sp³-hybridized carbons (Fsp3) is 0.778. The van der Waals surface area contributed by atoms with Crippen LogP contribution in [0, 0.1) is 5.92 Å². The van der Waals surface area contributed by atoms with Crippen molar-refractivity contribution >= 4 is 5.97 Å². The van der Waals surface area contributed by atoms with Crippen LogP contribution < -0.4 is 5.73 Å². The Kier molecular flexibility index (Phi) is 4.84. The maximum Gasteiger partial charge on any atom is 0.306 e. The maximum absolute atomic E-state index is 10.6. The van der Waals surface area contributed by atoms with Gasteiger partial charge in [-0.1, -0.05) is 6.92 Å². The molecule has 90 valence electrons. The molecular formula is C9H17N5O2. The van der Waals surface area contributed by atoms with Crippen LogP contribution in [0.25, 0.3) is 0 Å². The third kappa shape index (κ3) is 3.58. The molecule has 0 saturated heterocycles. The van der Waals surface area contributed by atoms with Gasteiger partial charge in [0.05, 0.1) is 5.92 Å². The van der Waals surface area contributed by atoms with E-state index in [2.05, 4.69) is 15.5 Å². The van der Waals surface area contributed by atoms with E-state index in [4.69, 9.17) is 10.8 Å². The highest BCUT2D eigenvalue weighted by Gasteiger charge is 2.13. The zero-order valence-electron chi connectivity index (χ0n) is 9.33. The van der Waals surface area contributed by atoms with Gasteiger partial charge in [-0.2, -0.15) is 0 Å². The van der Waals surface area contributed by atoms with Crippen molar-refractivity contribution in [1.82, 2.24) is 20.2 Å². The summed E-state index contributed by atoms with van der Waals surface area (Å²) in [7, 11) is 0. The summed E-state index contributed by atoms with van der Waals surface area (Å²) in [6.45, 7) is 2.95. The van der Waals surface area contributed by atoms with Crippen LogP contribution in [-0.4, -0.2) is 37.8 Å². The van der Waals surface area contributed by atoms with Crippen LogP contribution >= 0.6 is 0 Å². The van der Waals surface area contributed by atoms with Crippen molar-refractivity contribution in [2.45, 2.75) is 32.7 Å². The van der Waals surface area contributed by atoms with Crippen molar-refractivity contribution in [2.75, 3.05) is 6.54 Å². The summed E-state index contributed by atoms with van der Waals surface area (Å²) < 4.78 is 1.68. The van der Waals surface area contributed by atoms with Crippen LogP contribution in [0.5, 0.6) is 0 Å². The maximum atomic E-state index is 10.6. The second kappa shape index (κ2) is 6.16. The molecule has 0 amide bonds. The minimum atomic E-state index is -0.791. The summed E-state index contributed by atoms with van der Waals surface area (Å²) in [5.74, 6) is -0.442. The standard InChI is InChI=1S/C9H17N5O2/c1-7(9(15)16)3-4-8-11-12-13-14(8)6-2-5-10/h7H,2-6,10H2,1H3,(H,15,16)/t7-/m0/s1. The van der Waals surface area contributed by atoms with Gasteiger partial charge in [-0.3, -0.25) is 4.79 Å². The third-order valence-corrected chi connectivity index (χ3v) is 2.40. The predicted molar refractivity (Wildman–Crippen MR) is 56.6 cm³/mol. The third-order valence-electron chi connectivity index (χ3n) is 2.40. The number of aromatic nitrogens is 4. The molecule has 3 N–H and O–H groups in total.